The zero-order valence-corrected chi connectivity index (χ0v) is 16.5. The molecule has 5 atom stereocenters. The van der Waals surface area contributed by atoms with Crippen LogP contribution in [0.15, 0.2) is 39.5 Å². The minimum absolute atomic E-state index is 0.0658. The Morgan fingerprint density at radius 2 is 1.59 bits per heavy atom. The molecule has 2 aromatic carbocycles. The number of hydrogen-bond donors (Lipinski definition) is 7. The van der Waals surface area contributed by atoms with Crippen molar-refractivity contribution in [2.24, 2.45) is 0 Å². The molecule has 11 heteroatoms. The molecule has 1 aliphatic heterocycles. The molecule has 2 heterocycles. The van der Waals surface area contributed by atoms with Crippen molar-refractivity contribution in [2.45, 2.75) is 37.6 Å². The molecule has 4 rings (SSSR count). The van der Waals surface area contributed by atoms with Crippen molar-refractivity contribution in [1.29, 1.82) is 0 Å². The van der Waals surface area contributed by atoms with Crippen LogP contribution in [0.2, 0.25) is 0 Å². The monoisotopic (exact) mass is 448 g/mol. The van der Waals surface area contributed by atoms with Crippen LogP contribution < -0.4 is 10.2 Å². The van der Waals surface area contributed by atoms with Gasteiger partial charge >= 0.3 is 0 Å². The summed E-state index contributed by atoms with van der Waals surface area (Å²) in [5.74, 6) is -2.80. The third-order valence-corrected chi connectivity index (χ3v) is 5.20. The molecule has 11 nitrogen and oxygen atoms in total. The lowest BCUT2D eigenvalue weighted by molar-refractivity contribution is -0.268. The van der Waals surface area contributed by atoms with Crippen molar-refractivity contribution in [3.8, 4) is 40.1 Å². The highest BCUT2D eigenvalue weighted by atomic mass is 16.7. The molecule has 0 unspecified atom stereocenters. The number of aliphatic hydroxyl groups is 3. The average Bonchev–Trinajstić information content (AvgIpc) is 2.73. The number of phenols is 4. The largest absolute Gasteiger partial charge is 0.508 e. The Morgan fingerprint density at radius 1 is 0.875 bits per heavy atom. The molecule has 1 aliphatic rings. The first-order valence-electron chi connectivity index (χ1n) is 9.50. The Hall–Kier alpha value is -3.51. The fourth-order valence-corrected chi connectivity index (χ4v) is 3.46. The Bertz CT molecular complexity index is 1230. The summed E-state index contributed by atoms with van der Waals surface area (Å²) in [5.41, 5.74) is -1.05. The van der Waals surface area contributed by atoms with Crippen LogP contribution >= 0.6 is 0 Å². The molecule has 1 aromatic heterocycles. The lowest BCUT2D eigenvalue weighted by Crippen LogP contribution is -2.58. The highest BCUT2D eigenvalue weighted by molar-refractivity contribution is 5.88. The van der Waals surface area contributed by atoms with E-state index in [4.69, 9.17) is 13.9 Å². The summed E-state index contributed by atoms with van der Waals surface area (Å²) in [6.07, 6.45) is -7.35. The highest BCUT2D eigenvalue weighted by Gasteiger charge is 2.44. The first-order chi connectivity index (χ1) is 15.1. The van der Waals surface area contributed by atoms with Crippen molar-refractivity contribution in [1.82, 2.24) is 0 Å². The van der Waals surface area contributed by atoms with E-state index in [1.807, 2.05) is 0 Å². The van der Waals surface area contributed by atoms with E-state index in [0.717, 1.165) is 24.3 Å². The van der Waals surface area contributed by atoms with Gasteiger partial charge in [0.15, 0.2) is 17.3 Å². The zero-order chi connectivity index (χ0) is 23.3. The van der Waals surface area contributed by atoms with Gasteiger partial charge in [-0.3, -0.25) is 4.79 Å². The molecule has 0 radical (unpaired) electrons. The summed E-state index contributed by atoms with van der Waals surface area (Å²) in [5, 5.41) is 69.2. The first kappa shape index (κ1) is 21.7. The standard InChI is InChI=1S/C21H20O11/c1-7-15(26)17(28)18(29)21(30-7)32-20-16(27)14-12(25)5-9(22)6-13(14)31-19(20)8-2-3-10(23)11(24)4-8/h2-7,15,17-18,21-26,28-29H,1H3/t7-,15-,17-,18-,21+/m0/s1. The summed E-state index contributed by atoms with van der Waals surface area (Å²) in [4.78, 5) is 13.2. The summed E-state index contributed by atoms with van der Waals surface area (Å²) in [6.45, 7) is 1.42. The number of fused-ring (bicyclic) bond motifs is 1. The van der Waals surface area contributed by atoms with Crippen molar-refractivity contribution < 1.29 is 49.6 Å². The van der Waals surface area contributed by atoms with E-state index in [1.54, 1.807) is 0 Å². The fraction of sp³-hybridized carbons (Fsp3) is 0.286. The first-order valence-corrected chi connectivity index (χ1v) is 9.50. The molecule has 32 heavy (non-hydrogen) atoms. The van der Waals surface area contributed by atoms with E-state index in [0.29, 0.717) is 0 Å². The Kier molecular flexibility index (Phi) is 5.34. The SMILES string of the molecule is C[C@@H]1O[C@H](Oc2c(-c3ccc(O)c(O)c3)oc3cc(O)cc(O)c3c2=O)[C@@H](O)[C@@H](O)[C@H]1O. The normalized spacial score (nSPS) is 25.7. The van der Waals surface area contributed by atoms with Gasteiger partial charge in [0.1, 0.15) is 40.8 Å². The van der Waals surface area contributed by atoms with E-state index >= 15 is 0 Å². The molecule has 0 spiro atoms. The van der Waals surface area contributed by atoms with Crippen LogP contribution in [0.1, 0.15) is 6.92 Å². The van der Waals surface area contributed by atoms with Crippen LogP contribution in [0.3, 0.4) is 0 Å². The number of rotatable bonds is 3. The average molecular weight is 448 g/mol. The third-order valence-electron chi connectivity index (χ3n) is 5.20. The van der Waals surface area contributed by atoms with Crippen LogP contribution in [0.5, 0.6) is 28.7 Å². The molecule has 0 bridgehead atoms. The number of hydrogen-bond acceptors (Lipinski definition) is 11. The number of phenolic OH excluding ortho intramolecular Hbond substituents is 4. The molecular weight excluding hydrogens is 428 g/mol. The van der Waals surface area contributed by atoms with Crippen LogP contribution in [0.25, 0.3) is 22.3 Å². The maximum atomic E-state index is 13.2. The van der Waals surface area contributed by atoms with E-state index in [1.165, 1.54) is 13.0 Å². The van der Waals surface area contributed by atoms with Gasteiger partial charge in [-0.25, -0.2) is 0 Å². The number of aromatic hydroxyl groups is 4. The van der Waals surface area contributed by atoms with E-state index < -0.39 is 59.1 Å². The molecule has 7 N–H and O–H groups in total. The Balaban J connectivity index is 1.92. The molecule has 3 aromatic rings. The van der Waals surface area contributed by atoms with Crippen LogP contribution in [-0.4, -0.2) is 66.5 Å². The quantitative estimate of drug-likeness (QED) is 0.276. The van der Waals surface area contributed by atoms with E-state index in [9.17, 15) is 40.5 Å². The van der Waals surface area contributed by atoms with Gasteiger partial charge in [-0.2, -0.15) is 0 Å². The van der Waals surface area contributed by atoms with Gasteiger partial charge in [-0.1, -0.05) is 0 Å². The number of ether oxygens (including phenoxy) is 2. The molecule has 0 amide bonds. The molecule has 0 aliphatic carbocycles. The second-order valence-electron chi connectivity index (χ2n) is 7.43. The third kappa shape index (κ3) is 3.56. The van der Waals surface area contributed by atoms with Crippen molar-refractivity contribution in [3.63, 3.8) is 0 Å². The summed E-state index contributed by atoms with van der Waals surface area (Å²) >= 11 is 0. The van der Waals surface area contributed by atoms with Gasteiger partial charge in [-0.05, 0) is 25.1 Å². The van der Waals surface area contributed by atoms with Crippen LogP contribution in [-0.2, 0) is 4.74 Å². The highest BCUT2D eigenvalue weighted by Crippen LogP contribution is 2.39. The van der Waals surface area contributed by atoms with Gasteiger partial charge in [0.2, 0.25) is 17.5 Å². The van der Waals surface area contributed by atoms with Crippen molar-refractivity contribution >= 4 is 11.0 Å². The lowest BCUT2D eigenvalue weighted by atomic mass is 10.00. The fourth-order valence-electron chi connectivity index (χ4n) is 3.46. The van der Waals surface area contributed by atoms with Gasteiger partial charge in [-0.15, -0.1) is 0 Å². The zero-order valence-electron chi connectivity index (χ0n) is 16.5. The van der Waals surface area contributed by atoms with Gasteiger partial charge in [0, 0.05) is 17.7 Å². The van der Waals surface area contributed by atoms with E-state index in [2.05, 4.69) is 0 Å². The van der Waals surface area contributed by atoms with Crippen molar-refractivity contribution in [3.05, 3.63) is 40.6 Å². The van der Waals surface area contributed by atoms with Crippen molar-refractivity contribution in [2.75, 3.05) is 0 Å². The van der Waals surface area contributed by atoms with Crippen LogP contribution in [0.4, 0.5) is 0 Å². The minimum Gasteiger partial charge on any atom is -0.508 e. The molecular formula is C21H20O11. The molecule has 0 saturated carbocycles. The molecule has 170 valence electrons. The predicted octanol–water partition coefficient (Wildman–Crippen LogP) is 0.489. The van der Waals surface area contributed by atoms with Crippen LogP contribution in [0, 0.1) is 0 Å². The maximum Gasteiger partial charge on any atom is 0.239 e. The minimum atomic E-state index is -1.74. The smallest absolute Gasteiger partial charge is 0.239 e. The summed E-state index contributed by atoms with van der Waals surface area (Å²) in [7, 11) is 0. The van der Waals surface area contributed by atoms with Gasteiger partial charge in [0.05, 0.1) is 6.10 Å². The topological polar surface area (TPSA) is 190 Å². The van der Waals surface area contributed by atoms with Gasteiger partial charge in [0.25, 0.3) is 0 Å². The molecule has 1 saturated heterocycles. The lowest BCUT2D eigenvalue weighted by Gasteiger charge is -2.38. The second-order valence-corrected chi connectivity index (χ2v) is 7.43. The number of aliphatic hydroxyl groups excluding tert-OH is 3. The number of benzene rings is 2. The predicted molar refractivity (Wildman–Crippen MR) is 108 cm³/mol. The molecule has 1 fully saturated rings. The maximum absolute atomic E-state index is 13.2. The second kappa shape index (κ2) is 7.88. The Labute approximate surface area is 179 Å². The van der Waals surface area contributed by atoms with Gasteiger partial charge < -0.3 is 49.6 Å². The Morgan fingerprint density at radius 3 is 2.28 bits per heavy atom. The summed E-state index contributed by atoms with van der Waals surface area (Å²) in [6, 6.07) is 5.51. The summed E-state index contributed by atoms with van der Waals surface area (Å²) < 4.78 is 16.6. The van der Waals surface area contributed by atoms with E-state index in [-0.39, 0.29) is 28.0 Å².